The van der Waals surface area contributed by atoms with Gasteiger partial charge in [-0.25, -0.2) is 18.2 Å². The molecule has 0 atom stereocenters. The second-order valence-electron chi connectivity index (χ2n) is 8.02. The monoisotopic (exact) mass is 491 g/mol. The molecule has 0 saturated heterocycles. The zero-order valence-corrected chi connectivity index (χ0v) is 19.9. The third-order valence-corrected chi connectivity index (χ3v) is 7.22. The van der Waals surface area contributed by atoms with Crippen LogP contribution in [0.5, 0.6) is 0 Å². The van der Waals surface area contributed by atoms with Crippen LogP contribution in [0, 0.1) is 0 Å². The second kappa shape index (κ2) is 8.13. The van der Waals surface area contributed by atoms with Crippen LogP contribution in [-0.4, -0.2) is 35.5 Å². The summed E-state index contributed by atoms with van der Waals surface area (Å²) in [5, 5.41) is 2.59. The average molecular weight is 492 g/mol. The third kappa shape index (κ3) is 3.85. The number of sulfonamides is 1. The van der Waals surface area contributed by atoms with Crippen molar-refractivity contribution in [2.75, 3.05) is 11.8 Å². The molecule has 0 aliphatic carbocycles. The van der Waals surface area contributed by atoms with Gasteiger partial charge in [-0.1, -0.05) is 12.1 Å². The van der Waals surface area contributed by atoms with E-state index >= 15 is 0 Å². The lowest BCUT2D eigenvalue weighted by atomic mass is 10.1. The van der Waals surface area contributed by atoms with E-state index in [0.29, 0.717) is 28.1 Å². The van der Waals surface area contributed by atoms with E-state index in [4.69, 9.17) is 4.42 Å². The number of rotatable bonds is 5. The van der Waals surface area contributed by atoms with Crippen molar-refractivity contribution in [1.82, 2.24) is 19.4 Å². The van der Waals surface area contributed by atoms with Crippen molar-refractivity contribution in [3.63, 3.8) is 0 Å². The van der Waals surface area contributed by atoms with E-state index in [2.05, 4.69) is 15.0 Å². The van der Waals surface area contributed by atoms with Crippen LogP contribution in [0.3, 0.4) is 0 Å². The number of hydrogen-bond acceptors (Lipinski definition) is 6. The van der Waals surface area contributed by atoms with Crippen LogP contribution in [0.15, 0.2) is 74.8 Å². The molecular formula is C24H21N5O5S. The molecule has 2 heterocycles. The number of nitrogens with zero attached hydrogens (tertiary/aromatic N) is 3. The van der Waals surface area contributed by atoms with Gasteiger partial charge in [-0.05, 0) is 42.5 Å². The molecule has 0 radical (unpaired) electrons. The summed E-state index contributed by atoms with van der Waals surface area (Å²) >= 11 is 0. The van der Waals surface area contributed by atoms with Gasteiger partial charge >= 0.3 is 5.76 Å². The van der Waals surface area contributed by atoms with Crippen molar-refractivity contribution in [2.45, 2.75) is 4.90 Å². The van der Waals surface area contributed by atoms with Crippen molar-refractivity contribution in [1.29, 1.82) is 0 Å². The topological polar surface area (TPSA) is 128 Å². The predicted octanol–water partition coefficient (Wildman–Crippen LogP) is 2.85. The Morgan fingerprint density at radius 2 is 1.66 bits per heavy atom. The van der Waals surface area contributed by atoms with Crippen molar-refractivity contribution in [2.24, 2.45) is 14.1 Å². The summed E-state index contributed by atoms with van der Waals surface area (Å²) in [5.74, 6) is -0.0674. The molecule has 10 nitrogen and oxygen atoms in total. The summed E-state index contributed by atoms with van der Waals surface area (Å²) < 4.78 is 36.8. The number of nitrogens with one attached hydrogen (secondary N) is 2. The highest BCUT2D eigenvalue weighted by Gasteiger charge is 2.18. The van der Waals surface area contributed by atoms with Crippen molar-refractivity contribution in [3.05, 3.63) is 76.8 Å². The van der Waals surface area contributed by atoms with E-state index in [-0.39, 0.29) is 16.4 Å². The average Bonchev–Trinajstić information content (AvgIpc) is 3.33. The highest BCUT2D eigenvalue weighted by molar-refractivity contribution is 7.92. The summed E-state index contributed by atoms with van der Waals surface area (Å²) in [7, 11) is 1.05. The Bertz CT molecular complexity index is 1780. The van der Waals surface area contributed by atoms with E-state index in [0.717, 1.165) is 11.1 Å². The van der Waals surface area contributed by atoms with E-state index < -0.39 is 15.8 Å². The normalized spacial score (nSPS) is 11.7. The van der Waals surface area contributed by atoms with Gasteiger partial charge in [0.2, 0.25) is 0 Å². The Balaban J connectivity index is 1.47. The Morgan fingerprint density at radius 1 is 0.943 bits per heavy atom. The molecule has 11 heteroatoms. The van der Waals surface area contributed by atoms with Crippen molar-refractivity contribution < 1.29 is 17.6 Å². The Morgan fingerprint density at radius 3 is 2.37 bits per heavy atom. The van der Waals surface area contributed by atoms with Crippen molar-refractivity contribution >= 4 is 43.8 Å². The molecule has 0 fully saturated rings. The lowest BCUT2D eigenvalue weighted by Crippen LogP contribution is -2.17. The molecular weight excluding hydrogens is 470 g/mol. The lowest BCUT2D eigenvalue weighted by molar-refractivity contribution is 0.0963. The fourth-order valence-corrected chi connectivity index (χ4v) is 5.00. The van der Waals surface area contributed by atoms with Crippen molar-refractivity contribution in [3.8, 4) is 11.4 Å². The zero-order chi connectivity index (χ0) is 24.9. The van der Waals surface area contributed by atoms with Crippen LogP contribution in [0.4, 0.5) is 5.69 Å². The molecule has 0 unspecified atom stereocenters. The minimum Gasteiger partial charge on any atom is -0.408 e. The molecule has 0 aliphatic heterocycles. The maximum Gasteiger partial charge on any atom is 0.419 e. The van der Waals surface area contributed by atoms with Gasteiger partial charge < -0.3 is 14.3 Å². The van der Waals surface area contributed by atoms with Crippen LogP contribution in [-0.2, 0) is 24.1 Å². The molecule has 5 rings (SSSR count). The zero-order valence-electron chi connectivity index (χ0n) is 19.1. The van der Waals surface area contributed by atoms with E-state index in [1.807, 2.05) is 23.7 Å². The van der Waals surface area contributed by atoms with Gasteiger partial charge in [0.05, 0.1) is 27.1 Å². The minimum absolute atomic E-state index is 0.0302. The summed E-state index contributed by atoms with van der Waals surface area (Å²) in [6.45, 7) is 0. The van der Waals surface area contributed by atoms with Gasteiger partial charge in [0.15, 0.2) is 5.58 Å². The minimum atomic E-state index is -3.94. The molecule has 178 valence electrons. The molecule has 2 aromatic heterocycles. The predicted molar refractivity (Wildman–Crippen MR) is 132 cm³/mol. The number of anilines is 1. The number of benzene rings is 3. The van der Waals surface area contributed by atoms with E-state index in [1.54, 1.807) is 44.4 Å². The smallest absolute Gasteiger partial charge is 0.408 e. The molecule has 0 bridgehead atoms. The number of imidazole rings is 1. The molecule has 5 aromatic rings. The molecule has 0 saturated carbocycles. The number of fused-ring (bicyclic) bond motifs is 2. The summed E-state index contributed by atoms with van der Waals surface area (Å²) in [6, 6.07) is 16.4. The first-order valence-corrected chi connectivity index (χ1v) is 12.1. The Labute approximate surface area is 199 Å². The summed E-state index contributed by atoms with van der Waals surface area (Å²) in [5.41, 5.74) is 3.79. The number of aromatic nitrogens is 3. The van der Waals surface area contributed by atoms with Crippen LogP contribution >= 0.6 is 0 Å². The fourth-order valence-electron chi connectivity index (χ4n) is 3.93. The van der Waals surface area contributed by atoms with Gasteiger partial charge in [0, 0.05) is 38.3 Å². The van der Waals surface area contributed by atoms with Crippen LogP contribution in [0.2, 0.25) is 0 Å². The summed E-state index contributed by atoms with van der Waals surface area (Å²) in [4.78, 5) is 28.1. The maximum atomic E-state index is 13.0. The second-order valence-corrected chi connectivity index (χ2v) is 9.70. The number of amides is 1. The van der Waals surface area contributed by atoms with Gasteiger partial charge in [-0.15, -0.1) is 0 Å². The van der Waals surface area contributed by atoms with E-state index in [9.17, 15) is 18.0 Å². The first-order valence-electron chi connectivity index (χ1n) is 10.6. The molecule has 3 aromatic carbocycles. The third-order valence-electron chi connectivity index (χ3n) is 5.84. The lowest BCUT2D eigenvalue weighted by Gasteiger charge is -2.08. The molecule has 2 N–H and O–H groups in total. The fraction of sp³-hybridized carbons (Fsp3) is 0.125. The van der Waals surface area contributed by atoms with Crippen LogP contribution < -0.4 is 15.8 Å². The number of oxazole rings is 1. The van der Waals surface area contributed by atoms with E-state index in [1.165, 1.54) is 22.8 Å². The highest BCUT2D eigenvalue weighted by atomic mass is 32.2. The standard InChI is InChI=1S/C24H21N5O5S/c1-25-23(30)15-6-4-14(5-7-15)22-26-18-12-16(8-10-19(18)28(22)2)27-35(32,33)17-9-11-20-21(13-17)34-24(31)29(20)3/h4-13,27H,1-3H3,(H,25,30). The van der Waals surface area contributed by atoms with Gasteiger partial charge in [0.25, 0.3) is 15.9 Å². The number of carbonyl (C=O) groups is 1. The quantitative estimate of drug-likeness (QED) is 0.389. The molecule has 0 spiro atoms. The SMILES string of the molecule is CNC(=O)c1ccc(-c2nc3cc(NS(=O)(=O)c4ccc5c(c4)oc(=O)n5C)ccc3n2C)cc1. The number of hydrogen-bond donors (Lipinski definition) is 2. The van der Waals surface area contributed by atoms with Crippen LogP contribution in [0.1, 0.15) is 10.4 Å². The van der Waals surface area contributed by atoms with Crippen LogP contribution in [0.25, 0.3) is 33.5 Å². The Hall–Kier alpha value is -4.38. The highest BCUT2D eigenvalue weighted by Crippen LogP contribution is 2.27. The summed E-state index contributed by atoms with van der Waals surface area (Å²) in [6.07, 6.45) is 0. The maximum absolute atomic E-state index is 13.0. The van der Waals surface area contributed by atoms with Gasteiger partial charge in [0.1, 0.15) is 5.82 Å². The molecule has 1 amide bonds. The molecule has 35 heavy (non-hydrogen) atoms. The first kappa shape index (κ1) is 22.4. The molecule has 0 aliphatic rings. The largest absolute Gasteiger partial charge is 0.419 e. The number of carbonyl (C=O) groups excluding carboxylic acids is 1. The number of aryl methyl sites for hydroxylation is 2. The van der Waals surface area contributed by atoms with Gasteiger partial charge in [-0.2, -0.15) is 0 Å². The Kier molecular flexibility index (Phi) is 5.21. The van der Waals surface area contributed by atoms with Gasteiger partial charge in [-0.3, -0.25) is 14.1 Å². The first-order chi connectivity index (χ1) is 16.7.